The number of nitrogens with zero attached hydrogens (tertiary/aromatic N) is 4. The highest BCUT2D eigenvalue weighted by Gasteiger charge is 2.50. The molecule has 0 spiro atoms. The summed E-state index contributed by atoms with van der Waals surface area (Å²) in [6, 6.07) is 1.63. The van der Waals surface area contributed by atoms with Crippen molar-refractivity contribution in [2.75, 3.05) is 44.3 Å². The van der Waals surface area contributed by atoms with Crippen LogP contribution in [0.3, 0.4) is 0 Å². The number of rotatable bonds is 6. The van der Waals surface area contributed by atoms with E-state index >= 15 is 0 Å². The van der Waals surface area contributed by atoms with Crippen molar-refractivity contribution in [2.24, 2.45) is 17.3 Å². The van der Waals surface area contributed by atoms with Gasteiger partial charge in [0.2, 0.25) is 11.9 Å². The summed E-state index contributed by atoms with van der Waals surface area (Å²) in [6.07, 6.45) is 1.40. The quantitative estimate of drug-likeness (QED) is 0.646. The summed E-state index contributed by atoms with van der Waals surface area (Å²) in [5, 5.41) is 3.86. The Balaban J connectivity index is 1.38. The Morgan fingerprint density at radius 1 is 1.26 bits per heavy atom. The molecule has 1 N–H and O–H groups in total. The van der Waals surface area contributed by atoms with E-state index in [2.05, 4.69) is 36.1 Å². The Labute approximate surface area is 205 Å². The number of hydrogen-bond acceptors (Lipinski definition) is 6. The van der Waals surface area contributed by atoms with E-state index in [9.17, 15) is 18.0 Å². The van der Waals surface area contributed by atoms with Crippen LogP contribution in [-0.4, -0.2) is 72.3 Å². The second-order valence-corrected chi connectivity index (χ2v) is 10.6. The molecular weight excluding hydrogens is 459 g/mol. The van der Waals surface area contributed by atoms with Gasteiger partial charge in [-0.15, -0.1) is 0 Å². The molecule has 0 bridgehead atoms. The molecule has 2 unspecified atom stereocenters. The van der Waals surface area contributed by atoms with Crippen molar-refractivity contribution in [3.8, 4) is 0 Å². The van der Waals surface area contributed by atoms with Gasteiger partial charge in [-0.25, -0.2) is 9.97 Å². The first-order valence-corrected chi connectivity index (χ1v) is 12.9. The van der Waals surface area contributed by atoms with Gasteiger partial charge in [0.05, 0.1) is 12.0 Å². The SMILES string of the molecule is CCC1COCCC1N[C@@H]1CC[C@@](C(=O)N2CCN(c3nccc(C(F)(F)F)n3)CC2)(C(C)C)C1. The molecule has 1 aliphatic carbocycles. The fourth-order valence-electron chi connectivity index (χ4n) is 5.99. The van der Waals surface area contributed by atoms with E-state index in [1.54, 1.807) is 4.90 Å². The number of piperazine rings is 1. The van der Waals surface area contributed by atoms with Crippen LogP contribution < -0.4 is 10.2 Å². The molecule has 1 aromatic rings. The number of carbonyl (C=O) groups excluding carboxylic acids is 1. The van der Waals surface area contributed by atoms with Gasteiger partial charge in [0.15, 0.2) is 0 Å². The zero-order chi connectivity index (χ0) is 25.2. The number of amides is 1. The molecular formula is C25H38F3N5O2. The molecule has 3 fully saturated rings. The lowest BCUT2D eigenvalue weighted by molar-refractivity contribution is -0.145. The maximum atomic E-state index is 13.8. The lowest BCUT2D eigenvalue weighted by Gasteiger charge is -2.42. The molecule has 1 saturated carbocycles. The standard InChI is InChI=1S/C25H38F3N5O2/c1-4-18-16-35-14-7-20(18)30-19-5-8-24(15-19,17(2)3)22(34)32-10-12-33(13-11-32)23-29-9-6-21(31-23)25(26,27)28/h6,9,17-20,30H,4-5,7-8,10-16H2,1-3H3/t18?,19-,20?,24+/m1/s1. The second kappa shape index (κ2) is 10.6. The van der Waals surface area contributed by atoms with Gasteiger partial charge >= 0.3 is 6.18 Å². The van der Waals surface area contributed by atoms with E-state index in [4.69, 9.17) is 4.74 Å². The molecule has 10 heteroatoms. The van der Waals surface area contributed by atoms with E-state index in [1.807, 2.05) is 4.90 Å². The predicted molar refractivity (Wildman–Crippen MR) is 127 cm³/mol. The van der Waals surface area contributed by atoms with E-state index in [-0.39, 0.29) is 17.8 Å². The van der Waals surface area contributed by atoms with Crippen LogP contribution in [-0.2, 0) is 15.7 Å². The Bertz CT molecular complexity index is 875. The average Bonchev–Trinajstić information content (AvgIpc) is 3.29. The van der Waals surface area contributed by atoms with E-state index in [0.29, 0.717) is 44.2 Å². The van der Waals surface area contributed by atoms with Crippen molar-refractivity contribution in [1.29, 1.82) is 0 Å². The normalized spacial score (nSPS) is 30.2. The molecule has 3 heterocycles. The van der Waals surface area contributed by atoms with Crippen LogP contribution in [0.4, 0.5) is 19.1 Å². The van der Waals surface area contributed by atoms with Crippen LogP contribution in [0.25, 0.3) is 0 Å². The molecule has 0 radical (unpaired) electrons. The van der Waals surface area contributed by atoms with Gasteiger partial charge in [0.1, 0.15) is 5.69 Å². The van der Waals surface area contributed by atoms with E-state index in [1.165, 1.54) is 0 Å². The molecule has 1 amide bonds. The third-order valence-electron chi connectivity index (χ3n) is 8.31. The molecule has 196 valence electrons. The summed E-state index contributed by atoms with van der Waals surface area (Å²) < 4.78 is 44.8. The zero-order valence-electron chi connectivity index (χ0n) is 21.0. The molecule has 0 aromatic carbocycles. The summed E-state index contributed by atoms with van der Waals surface area (Å²) in [5.41, 5.74) is -1.35. The van der Waals surface area contributed by atoms with Crippen LogP contribution in [0.5, 0.6) is 0 Å². The maximum Gasteiger partial charge on any atom is 0.433 e. The fourth-order valence-corrected chi connectivity index (χ4v) is 5.99. The Morgan fingerprint density at radius 2 is 2.00 bits per heavy atom. The lowest BCUT2D eigenvalue weighted by Crippen LogP contribution is -2.55. The van der Waals surface area contributed by atoms with Crippen LogP contribution in [0.1, 0.15) is 58.6 Å². The Morgan fingerprint density at radius 3 is 2.66 bits per heavy atom. The number of carbonyl (C=O) groups is 1. The largest absolute Gasteiger partial charge is 0.433 e. The van der Waals surface area contributed by atoms with Crippen molar-refractivity contribution in [3.63, 3.8) is 0 Å². The maximum absolute atomic E-state index is 13.8. The van der Waals surface area contributed by atoms with Crippen LogP contribution in [0.2, 0.25) is 0 Å². The first kappa shape index (κ1) is 26.1. The van der Waals surface area contributed by atoms with Gasteiger partial charge in [-0.05, 0) is 50.0 Å². The molecule has 35 heavy (non-hydrogen) atoms. The topological polar surface area (TPSA) is 70.6 Å². The predicted octanol–water partition coefficient (Wildman–Crippen LogP) is 3.74. The van der Waals surface area contributed by atoms with E-state index in [0.717, 1.165) is 57.6 Å². The smallest absolute Gasteiger partial charge is 0.381 e. The third-order valence-corrected chi connectivity index (χ3v) is 8.31. The van der Waals surface area contributed by atoms with Gasteiger partial charge in [-0.2, -0.15) is 13.2 Å². The Hall–Kier alpha value is -1.94. The molecule has 2 saturated heterocycles. The molecule has 1 aromatic heterocycles. The number of anilines is 1. The highest BCUT2D eigenvalue weighted by atomic mass is 19.4. The molecule has 3 aliphatic rings. The number of aromatic nitrogens is 2. The van der Waals surface area contributed by atoms with Gasteiger partial charge in [-0.1, -0.05) is 20.8 Å². The fraction of sp³-hybridized carbons (Fsp3) is 0.800. The van der Waals surface area contributed by atoms with Crippen molar-refractivity contribution in [1.82, 2.24) is 20.2 Å². The van der Waals surface area contributed by atoms with Crippen molar-refractivity contribution < 1.29 is 22.7 Å². The van der Waals surface area contributed by atoms with Crippen LogP contribution in [0, 0.1) is 17.3 Å². The van der Waals surface area contributed by atoms with Gasteiger partial charge < -0.3 is 19.9 Å². The summed E-state index contributed by atoms with van der Waals surface area (Å²) in [5.74, 6) is 0.973. The lowest BCUT2D eigenvalue weighted by atomic mass is 9.74. The van der Waals surface area contributed by atoms with Gasteiger partial charge in [0.25, 0.3) is 0 Å². The average molecular weight is 498 g/mol. The highest BCUT2D eigenvalue weighted by Crippen LogP contribution is 2.46. The minimum atomic E-state index is -4.51. The number of hydrogen-bond donors (Lipinski definition) is 1. The van der Waals surface area contributed by atoms with Crippen molar-refractivity contribution in [2.45, 2.75) is 71.1 Å². The first-order valence-electron chi connectivity index (χ1n) is 12.9. The summed E-state index contributed by atoms with van der Waals surface area (Å²) in [7, 11) is 0. The molecule has 7 nitrogen and oxygen atoms in total. The zero-order valence-corrected chi connectivity index (χ0v) is 21.0. The minimum Gasteiger partial charge on any atom is -0.381 e. The first-order chi connectivity index (χ1) is 16.6. The van der Waals surface area contributed by atoms with Gasteiger partial charge in [-0.3, -0.25) is 4.79 Å². The summed E-state index contributed by atoms with van der Waals surface area (Å²) in [6.45, 7) is 9.82. The van der Waals surface area contributed by atoms with Crippen molar-refractivity contribution in [3.05, 3.63) is 18.0 Å². The number of alkyl halides is 3. The molecule has 4 rings (SSSR count). The number of ether oxygens (including phenoxy) is 1. The monoisotopic (exact) mass is 497 g/mol. The molecule has 2 aliphatic heterocycles. The van der Waals surface area contributed by atoms with Crippen LogP contribution >= 0.6 is 0 Å². The highest BCUT2D eigenvalue weighted by molar-refractivity contribution is 5.83. The molecule has 4 atom stereocenters. The van der Waals surface area contributed by atoms with Crippen molar-refractivity contribution >= 4 is 11.9 Å². The van der Waals surface area contributed by atoms with E-state index < -0.39 is 17.3 Å². The Kier molecular flexibility index (Phi) is 7.90. The number of halogens is 3. The second-order valence-electron chi connectivity index (χ2n) is 10.6. The summed E-state index contributed by atoms with van der Waals surface area (Å²) >= 11 is 0. The third kappa shape index (κ3) is 5.58. The van der Waals surface area contributed by atoms with Gasteiger partial charge in [0, 0.05) is 51.1 Å². The minimum absolute atomic E-state index is 0.0672. The summed E-state index contributed by atoms with van der Waals surface area (Å²) in [4.78, 5) is 25.2. The van der Waals surface area contributed by atoms with Crippen LogP contribution in [0.15, 0.2) is 12.3 Å². The number of nitrogens with one attached hydrogen (secondary N) is 1.